The molecule has 0 unspecified atom stereocenters. The van der Waals surface area contributed by atoms with Crippen molar-refractivity contribution in [2.45, 2.75) is 6.92 Å². The number of aromatic nitrogens is 2. The molecule has 0 bridgehead atoms. The molecule has 0 N–H and O–H groups in total. The summed E-state index contributed by atoms with van der Waals surface area (Å²) in [4.78, 5) is 10.1. The van der Waals surface area contributed by atoms with Crippen LogP contribution in [0.2, 0.25) is 5.02 Å². The fourth-order valence-corrected chi connectivity index (χ4v) is 4.66. The van der Waals surface area contributed by atoms with Crippen molar-refractivity contribution in [1.82, 2.24) is 9.97 Å². The van der Waals surface area contributed by atoms with Gasteiger partial charge in [0.25, 0.3) is 0 Å². The summed E-state index contributed by atoms with van der Waals surface area (Å²) < 4.78 is 1.25. The lowest BCUT2D eigenvalue weighted by molar-refractivity contribution is 1.32. The first kappa shape index (κ1) is 13.9. The van der Waals surface area contributed by atoms with Gasteiger partial charge in [-0.25, -0.2) is 4.98 Å². The smallest absolute Gasteiger partial charge is 0.124 e. The van der Waals surface area contributed by atoms with Crippen LogP contribution in [0.3, 0.4) is 0 Å². The molecule has 108 valence electrons. The summed E-state index contributed by atoms with van der Waals surface area (Å²) in [6, 6.07) is 10.0. The highest BCUT2D eigenvalue weighted by molar-refractivity contribution is 7.22. The van der Waals surface area contributed by atoms with Gasteiger partial charge >= 0.3 is 0 Å². The lowest BCUT2D eigenvalue weighted by atomic mass is 10.1. The van der Waals surface area contributed by atoms with E-state index in [1.54, 1.807) is 35.1 Å². The minimum Gasteiger partial charge on any atom is -0.265 e. The SMILES string of the molecule is Cc1c(-c2csc(-c3ccncc3)n2)sc2ccc(Cl)cc12. The summed E-state index contributed by atoms with van der Waals surface area (Å²) in [5, 5.41) is 5.13. The highest BCUT2D eigenvalue weighted by Gasteiger charge is 2.14. The van der Waals surface area contributed by atoms with Crippen LogP contribution in [-0.4, -0.2) is 9.97 Å². The van der Waals surface area contributed by atoms with Gasteiger partial charge < -0.3 is 0 Å². The van der Waals surface area contributed by atoms with Gasteiger partial charge in [0.05, 0.1) is 10.6 Å². The lowest BCUT2D eigenvalue weighted by Crippen LogP contribution is -1.79. The monoisotopic (exact) mass is 342 g/mol. The molecule has 5 heteroatoms. The predicted molar refractivity (Wildman–Crippen MR) is 95.9 cm³/mol. The largest absolute Gasteiger partial charge is 0.265 e. The van der Waals surface area contributed by atoms with Gasteiger partial charge in [-0.1, -0.05) is 11.6 Å². The summed E-state index contributed by atoms with van der Waals surface area (Å²) in [5.41, 5.74) is 3.38. The molecule has 4 rings (SSSR count). The molecule has 22 heavy (non-hydrogen) atoms. The van der Waals surface area contributed by atoms with E-state index in [0.717, 1.165) is 21.3 Å². The third kappa shape index (κ3) is 2.33. The highest BCUT2D eigenvalue weighted by Crippen LogP contribution is 2.40. The molecule has 0 aliphatic carbocycles. The van der Waals surface area contributed by atoms with Gasteiger partial charge in [0, 0.05) is 33.1 Å². The summed E-state index contributed by atoms with van der Waals surface area (Å²) in [6.45, 7) is 2.13. The number of halogens is 1. The second kappa shape index (κ2) is 5.47. The standard InChI is InChI=1S/C17H11ClN2S2/c1-10-13-8-12(18)2-3-15(13)22-16(10)14-9-21-17(20-14)11-4-6-19-7-5-11/h2-9H,1H3. The third-order valence-corrected chi connectivity index (χ3v) is 5.98. The average molecular weight is 343 g/mol. The Morgan fingerprint density at radius 3 is 2.73 bits per heavy atom. The number of aryl methyl sites for hydroxylation is 1. The van der Waals surface area contributed by atoms with Crippen LogP contribution in [0.25, 0.3) is 31.2 Å². The van der Waals surface area contributed by atoms with E-state index in [-0.39, 0.29) is 0 Å². The Kier molecular flexibility index (Phi) is 3.45. The van der Waals surface area contributed by atoms with Crippen LogP contribution in [0.4, 0.5) is 0 Å². The van der Waals surface area contributed by atoms with E-state index >= 15 is 0 Å². The summed E-state index contributed by atoms with van der Waals surface area (Å²) in [7, 11) is 0. The first-order chi connectivity index (χ1) is 10.7. The molecule has 3 heterocycles. The van der Waals surface area contributed by atoms with Crippen molar-refractivity contribution in [3.05, 3.63) is 58.7 Å². The van der Waals surface area contributed by atoms with Gasteiger partial charge in [-0.05, 0) is 48.2 Å². The van der Waals surface area contributed by atoms with Gasteiger partial charge in [-0.3, -0.25) is 4.98 Å². The van der Waals surface area contributed by atoms with E-state index in [9.17, 15) is 0 Å². The summed E-state index contributed by atoms with van der Waals surface area (Å²) in [5.74, 6) is 0. The summed E-state index contributed by atoms with van der Waals surface area (Å²) >= 11 is 9.54. The van der Waals surface area contributed by atoms with Gasteiger partial charge in [-0.2, -0.15) is 0 Å². The van der Waals surface area contributed by atoms with Crippen LogP contribution in [-0.2, 0) is 0 Å². The number of hydrogen-bond acceptors (Lipinski definition) is 4. The first-order valence-electron chi connectivity index (χ1n) is 6.77. The quantitative estimate of drug-likeness (QED) is 0.443. The van der Waals surface area contributed by atoms with E-state index in [1.807, 2.05) is 24.3 Å². The van der Waals surface area contributed by atoms with E-state index in [4.69, 9.17) is 16.6 Å². The Hall–Kier alpha value is -1.75. The van der Waals surface area contributed by atoms with Crippen LogP contribution in [0.1, 0.15) is 5.56 Å². The van der Waals surface area contributed by atoms with Crippen LogP contribution < -0.4 is 0 Å². The maximum absolute atomic E-state index is 6.12. The summed E-state index contributed by atoms with van der Waals surface area (Å²) in [6.07, 6.45) is 3.59. The molecule has 1 aromatic carbocycles. The molecule has 0 saturated heterocycles. The Labute approximate surface area is 141 Å². The zero-order valence-electron chi connectivity index (χ0n) is 11.7. The van der Waals surface area contributed by atoms with Crippen LogP contribution in [0, 0.1) is 6.92 Å². The molecule has 0 radical (unpaired) electrons. The molecule has 0 aliphatic rings. The van der Waals surface area contributed by atoms with Crippen molar-refractivity contribution in [1.29, 1.82) is 0 Å². The normalized spacial score (nSPS) is 11.2. The number of fused-ring (bicyclic) bond motifs is 1. The van der Waals surface area contributed by atoms with Gasteiger partial charge in [0.1, 0.15) is 5.01 Å². The average Bonchev–Trinajstić information content (AvgIpc) is 3.14. The zero-order chi connectivity index (χ0) is 15.1. The second-order valence-electron chi connectivity index (χ2n) is 4.97. The number of benzene rings is 1. The van der Waals surface area contributed by atoms with E-state index < -0.39 is 0 Å². The molecule has 0 atom stereocenters. The minimum atomic E-state index is 0.774. The number of thiazole rings is 1. The van der Waals surface area contributed by atoms with Crippen molar-refractivity contribution in [3.63, 3.8) is 0 Å². The Balaban J connectivity index is 1.83. The molecule has 2 nitrogen and oxygen atoms in total. The fraction of sp³-hybridized carbons (Fsp3) is 0.0588. The lowest BCUT2D eigenvalue weighted by Gasteiger charge is -1.96. The Bertz CT molecular complexity index is 957. The Morgan fingerprint density at radius 1 is 1.09 bits per heavy atom. The number of hydrogen-bond donors (Lipinski definition) is 0. The maximum Gasteiger partial charge on any atom is 0.124 e. The van der Waals surface area contributed by atoms with Crippen molar-refractivity contribution in [3.8, 4) is 21.1 Å². The molecular formula is C17H11ClN2S2. The number of pyridine rings is 1. The van der Waals surface area contributed by atoms with Crippen LogP contribution in [0.5, 0.6) is 0 Å². The topological polar surface area (TPSA) is 25.8 Å². The Morgan fingerprint density at radius 2 is 1.91 bits per heavy atom. The van der Waals surface area contributed by atoms with Crippen molar-refractivity contribution in [2.75, 3.05) is 0 Å². The van der Waals surface area contributed by atoms with Crippen molar-refractivity contribution in [2.24, 2.45) is 0 Å². The first-order valence-corrected chi connectivity index (χ1v) is 8.85. The van der Waals surface area contributed by atoms with Crippen LogP contribution >= 0.6 is 34.3 Å². The fourth-order valence-electron chi connectivity index (χ4n) is 2.44. The zero-order valence-corrected chi connectivity index (χ0v) is 14.1. The van der Waals surface area contributed by atoms with Gasteiger partial charge in [0.2, 0.25) is 0 Å². The minimum absolute atomic E-state index is 0.774. The molecule has 4 aromatic rings. The van der Waals surface area contributed by atoms with Gasteiger partial charge in [0.15, 0.2) is 0 Å². The predicted octanol–water partition coefficient (Wildman–Crippen LogP) is 6.05. The van der Waals surface area contributed by atoms with Crippen LogP contribution in [0.15, 0.2) is 48.1 Å². The van der Waals surface area contributed by atoms with E-state index in [2.05, 4.69) is 23.4 Å². The van der Waals surface area contributed by atoms with E-state index in [1.165, 1.54) is 20.5 Å². The maximum atomic E-state index is 6.12. The number of thiophene rings is 1. The molecule has 0 saturated carbocycles. The molecule has 0 spiro atoms. The van der Waals surface area contributed by atoms with E-state index in [0.29, 0.717) is 0 Å². The third-order valence-electron chi connectivity index (χ3n) is 3.56. The van der Waals surface area contributed by atoms with Crippen molar-refractivity contribution < 1.29 is 0 Å². The number of rotatable bonds is 2. The molecule has 3 aromatic heterocycles. The van der Waals surface area contributed by atoms with Gasteiger partial charge in [-0.15, -0.1) is 22.7 Å². The highest BCUT2D eigenvalue weighted by atomic mass is 35.5. The molecular weight excluding hydrogens is 332 g/mol. The molecule has 0 amide bonds. The molecule has 0 fully saturated rings. The molecule has 0 aliphatic heterocycles. The second-order valence-corrected chi connectivity index (χ2v) is 7.32. The van der Waals surface area contributed by atoms with Crippen molar-refractivity contribution >= 4 is 44.4 Å². The number of nitrogens with zero attached hydrogens (tertiary/aromatic N) is 2.